The molecule has 0 amide bonds. The smallest absolute Gasteiger partial charge is 0.382 e. The lowest BCUT2D eigenvalue weighted by Gasteiger charge is -2.20. The van der Waals surface area contributed by atoms with Gasteiger partial charge in [0.25, 0.3) is 0 Å². The number of esters is 3. The first-order valence-electron chi connectivity index (χ1n) is 7.96. The number of halogens is 2. The summed E-state index contributed by atoms with van der Waals surface area (Å²) in [5.41, 5.74) is 0.235. The molecule has 0 radical (unpaired) electrons. The quantitative estimate of drug-likeness (QED) is 0.590. The third-order valence-electron chi connectivity index (χ3n) is 3.86. The second-order valence-corrected chi connectivity index (χ2v) is 5.72. The highest BCUT2D eigenvalue weighted by molar-refractivity contribution is 5.91. The maximum absolute atomic E-state index is 14.1. The molecule has 0 bridgehead atoms. The molecule has 1 fully saturated rings. The van der Waals surface area contributed by atoms with Gasteiger partial charge in [-0.15, -0.1) is 0 Å². The summed E-state index contributed by atoms with van der Waals surface area (Å²) in [6.07, 6.45) is -3.82. The summed E-state index contributed by atoms with van der Waals surface area (Å²) in [5, 5.41) is 0. The van der Waals surface area contributed by atoms with Crippen molar-refractivity contribution < 1.29 is 37.4 Å². The molecular weight excluding hydrogens is 362 g/mol. The van der Waals surface area contributed by atoms with Crippen LogP contribution in [0, 0.1) is 0 Å². The lowest BCUT2D eigenvalue weighted by molar-refractivity contribution is -0.163. The van der Waals surface area contributed by atoms with Crippen molar-refractivity contribution in [2.45, 2.75) is 18.1 Å². The standard InChI is InChI=1S/C19H14F2O6/c20-19(21)15(27-17(23)13-9-5-2-6-10-13)14(26-18(19)24)11-25-16(22)12-7-3-1-4-8-12/h1-10,14-15H,11H2/t14-,15+/m1/s1. The van der Waals surface area contributed by atoms with Gasteiger partial charge in [0.15, 0.2) is 6.10 Å². The Kier molecular flexibility index (Phi) is 5.16. The van der Waals surface area contributed by atoms with Crippen LogP contribution in [0.1, 0.15) is 20.7 Å². The summed E-state index contributed by atoms with van der Waals surface area (Å²) in [5.74, 6) is -7.71. The molecule has 0 N–H and O–H groups in total. The third kappa shape index (κ3) is 3.94. The molecule has 1 aliphatic heterocycles. The number of hydrogen-bond donors (Lipinski definition) is 0. The zero-order chi connectivity index (χ0) is 19.4. The molecule has 3 rings (SSSR count). The van der Waals surface area contributed by atoms with E-state index in [2.05, 4.69) is 4.74 Å². The maximum Gasteiger partial charge on any atom is 0.382 e. The topological polar surface area (TPSA) is 78.9 Å². The molecule has 2 atom stereocenters. The van der Waals surface area contributed by atoms with Crippen molar-refractivity contribution in [2.75, 3.05) is 6.61 Å². The van der Waals surface area contributed by atoms with E-state index in [1.54, 1.807) is 24.3 Å². The van der Waals surface area contributed by atoms with Crippen LogP contribution in [0.3, 0.4) is 0 Å². The van der Waals surface area contributed by atoms with Crippen LogP contribution in [0.15, 0.2) is 60.7 Å². The highest BCUT2D eigenvalue weighted by Crippen LogP contribution is 2.34. The maximum atomic E-state index is 14.1. The van der Waals surface area contributed by atoms with E-state index in [9.17, 15) is 23.2 Å². The molecule has 27 heavy (non-hydrogen) atoms. The molecule has 0 spiro atoms. The number of rotatable bonds is 5. The Morgan fingerprint density at radius 2 is 1.44 bits per heavy atom. The van der Waals surface area contributed by atoms with Gasteiger partial charge in [-0.1, -0.05) is 36.4 Å². The molecule has 140 valence electrons. The number of carbonyl (C=O) groups excluding carboxylic acids is 3. The fourth-order valence-corrected chi connectivity index (χ4v) is 2.47. The summed E-state index contributed by atoms with van der Waals surface area (Å²) >= 11 is 0. The molecule has 1 heterocycles. The van der Waals surface area contributed by atoms with Gasteiger partial charge in [-0.05, 0) is 24.3 Å². The zero-order valence-electron chi connectivity index (χ0n) is 13.8. The van der Waals surface area contributed by atoms with E-state index in [1.807, 2.05) is 0 Å². The third-order valence-corrected chi connectivity index (χ3v) is 3.86. The lowest BCUT2D eigenvalue weighted by Crippen LogP contribution is -2.43. The minimum absolute atomic E-state index is 0.0349. The number of hydrogen-bond acceptors (Lipinski definition) is 6. The van der Waals surface area contributed by atoms with Gasteiger partial charge in [0.1, 0.15) is 6.61 Å². The van der Waals surface area contributed by atoms with Crippen LogP contribution in [0.2, 0.25) is 0 Å². The molecule has 0 saturated carbocycles. The molecule has 1 saturated heterocycles. The van der Waals surface area contributed by atoms with Crippen LogP contribution < -0.4 is 0 Å². The summed E-state index contributed by atoms with van der Waals surface area (Å²) in [4.78, 5) is 35.5. The van der Waals surface area contributed by atoms with Crippen LogP contribution in [0.5, 0.6) is 0 Å². The molecule has 0 aromatic heterocycles. The Hall–Kier alpha value is -3.29. The van der Waals surface area contributed by atoms with Crippen molar-refractivity contribution in [3.8, 4) is 0 Å². The first-order chi connectivity index (χ1) is 12.9. The second-order valence-electron chi connectivity index (χ2n) is 5.72. The van der Waals surface area contributed by atoms with E-state index in [-0.39, 0.29) is 11.1 Å². The van der Waals surface area contributed by atoms with Crippen LogP contribution >= 0.6 is 0 Å². The SMILES string of the molecule is O=C(OC[C@H]1OC(=O)C(F)(F)[C@H]1OC(=O)c1ccccc1)c1ccccc1. The van der Waals surface area contributed by atoms with Gasteiger partial charge in [-0.25, -0.2) is 14.4 Å². The van der Waals surface area contributed by atoms with Gasteiger partial charge < -0.3 is 14.2 Å². The fourth-order valence-electron chi connectivity index (χ4n) is 2.47. The van der Waals surface area contributed by atoms with Crippen LogP contribution in [-0.2, 0) is 19.0 Å². The monoisotopic (exact) mass is 376 g/mol. The minimum Gasteiger partial charge on any atom is -0.458 e. The van der Waals surface area contributed by atoms with Gasteiger partial charge in [-0.2, -0.15) is 8.78 Å². The molecule has 6 nitrogen and oxygen atoms in total. The zero-order valence-corrected chi connectivity index (χ0v) is 13.8. The van der Waals surface area contributed by atoms with Crippen LogP contribution in [-0.4, -0.2) is 42.6 Å². The van der Waals surface area contributed by atoms with E-state index in [1.165, 1.54) is 36.4 Å². The second kappa shape index (κ2) is 7.53. The normalized spacial score (nSPS) is 20.6. The molecule has 2 aromatic carbocycles. The Bertz CT molecular complexity index is 838. The summed E-state index contributed by atoms with van der Waals surface area (Å²) in [7, 11) is 0. The molecule has 1 aliphatic rings. The first-order valence-corrected chi connectivity index (χ1v) is 7.96. The van der Waals surface area contributed by atoms with E-state index < -0.39 is 42.6 Å². The first kappa shape index (κ1) is 18.5. The van der Waals surface area contributed by atoms with Gasteiger partial charge >= 0.3 is 23.8 Å². The summed E-state index contributed by atoms with van der Waals surface area (Å²) in [6, 6.07) is 15.3. The molecule has 0 unspecified atom stereocenters. The average molecular weight is 376 g/mol. The lowest BCUT2D eigenvalue weighted by atomic mass is 10.1. The van der Waals surface area contributed by atoms with E-state index in [0.29, 0.717) is 0 Å². The van der Waals surface area contributed by atoms with E-state index >= 15 is 0 Å². The summed E-state index contributed by atoms with van der Waals surface area (Å²) < 4.78 is 42.5. The van der Waals surface area contributed by atoms with Crippen molar-refractivity contribution >= 4 is 17.9 Å². The number of benzene rings is 2. The molecule has 2 aromatic rings. The number of carbonyl (C=O) groups is 3. The van der Waals surface area contributed by atoms with Gasteiger partial charge in [-0.3, -0.25) is 0 Å². The van der Waals surface area contributed by atoms with E-state index in [0.717, 1.165) is 0 Å². The predicted octanol–water partition coefficient (Wildman–Crippen LogP) is 2.63. The molecular formula is C19H14F2O6. The Balaban J connectivity index is 1.70. The van der Waals surface area contributed by atoms with Crippen molar-refractivity contribution in [1.82, 2.24) is 0 Å². The van der Waals surface area contributed by atoms with Gasteiger partial charge in [0, 0.05) is 0 Å². The average Bonchev–Trinajstić information content (AvgIpc) is 2.90. The largest absolute Gasteiger partial charge is 0.458 e. The summed E-state index contributed by atoms with van der Waals surface area (Å²) in [6.45, 7) is -0.679. The molecule has 8 heteroatoms. The Labute approximate surface area is 152 Å². The van der Waals surface area contributed by atoms with Gasteiger partial charge in [0.2, 0.25) is 6.10 Å². The van der Waals surface area contributed by atoms with E-state index in [4.69, 9.17) is 9.47 Å². The van der Waals surface area contributed by atoms with Crippen molar-refractivity contribution in [1.29, 1.82) is 0 Å². The Morgan fingerprint density at radius 1 is 0.926 bits per heavy atom. The minimum atomic E-state index is -4.05. The molecule has 0 aliphatic carbocycles. The van der Waals surface area contributed by atoms with Crippen LogP contribution in [0.4, 0.5) is 8.78 Å². The van der Waals surface area contributed by atoms with Crippen molar-refractivity contribution in [2.24, 2.45) is 0 Å². The number of cyclic esters (lactones) is 1. The Morgan fingerprint density at radius 3 is 2.00 bits per heavy atom. The highest BCUT2D eigenvalue weighted by Gasteiger charge is 2.63. The van der Waals surface area contributed by atoms with Crippen molar-refractivity contribution in [3.05, 3.63) is 71.8 Å². The predicted molar refractivity (Wildman–Crippen MR) is 87.2 cm³/mol. The number of ether oxygens (including phenoxy) is 3. The number of alkyl halides is 2. The van der Waals surface area contributed by atoms with Gasteiger partial charge in [0.05, 0.1) is 11.1 Å². The fraction of sp³-hybridized carbons (Fsp3) is 0.211. The highest BCUT2D eigenvalue weighted by atomic mass is 19.3. The van der Waals surface area contributed by atoms with Crippen LogP contribution in [0.25, 0.3) is 0 Å². The van der Waals surface area contributed by atoms with Crippen molar-refractivity contribution in [3.63, 3.8) is 0 Å².